The number of fused-ring (bicyclic) bond motifs is 3. The van der Waals surface area contributed by atoms with Crippen molar-refractivity contribution in [2.75, 3.05) is 0 Å². The Morgan fingerprint density at radius 2 is 1.46 bits per heavy atom. The average Bonchev–Trinajstić information content (AvgIpc) is 2.89. The molecule has 0 spiro atoms. The first-order valence-electron chi connectivity index (χ1n) is 9.35. The van der Waals surface area contributed by atoms with Crippen LogP contribution in [0.15, 0.2) is 91.0 Å². The van der Waals surface area contributed by atoms with Gasteiger partial charge in [0.05, 0.1) is 0 Å². The number of benzene rings is 3. The fraction of sp³-hybridized carbons (Fsp3) is 0.0385. The molecular formula is C26H17ClO. The van der Waals surface area contributed by atoms with Crippen molar-refractivity contribution in [1.29, 1.82) is 0 Å². The lowest BCUT2D eigenvalue weighted by Gasteiger charge is -2.14. The largest absolute Gasteiger partial charge is 0.289 e. The predicted octanol–water partition coefficient (Wildman–Crippen LogP) is 7.12. The zero-order valence-electron chi connectivity index (χ0n) is 15.2. The van der Waals surface area contributed by atoms with E-state index in [1.165, 1.54) is 0 Å². The number of allylic oxidation sites excluding steroid dienone is 6. The number of rotatable bonds is 2. The highest BCUT2D eigenvalue weighted by Gasteiger charge is 2.29. The van der Waals surface area contributed by atoms with Crippen LogP contribution < -0.4 is 0 Å². The lowest BCUT2D eigenvalue weighted by atomic mass is 9.89. The number of carbonyl (C=O) groups is 1. The molecule has 0 amide bonds. The van der Waals surface area contributed by atoms with Crippen molar-refractivity contribution in [3.8, 4) is 22.3 Å². The van der Waals surface area contributed by atoms with Gasteiger partial charge >= 0.3 is 0 Å². The van der Waals surface area contributed by atoms with Crippen molar-refractivity contribution in [2.45, 2.75) is 6.42 Å². The van der Waals surface area contributed by atoms with Crippen LogP contribution in [0, 0.1) is 0 Å². The maximum absolute atomic E-state index is 13.2. The number of hydrogen-bond acceptors (Lipinski definition) is 1. The molecule has 28 heavy (non-hydrogen) atoms. The predicted molar refractivity (Wildman–Crippen MR) is 117 cm³/mol. The monoisotopic (exact) mass is 380 g/mol. The number of hydrogen-bond donors (Lipinski definition) is 0. The highest BCUT2D eigenvalue weighted by molar-refractivity contribution is 6.31. The molecule has 0 radical (unpaired) electrons. The van der Waals surface area contributed by atoms with Crippen molar-refractivity contribution in [3.63, 3.8) is 0 Å². The highest BCUT2D eigenvalue weighted by atomic mass is 35.5. The Hall–Kier alpha value is -3.16. The Balaban J connectivity index is 1.77. The molecule has 0 aromatic heterocycles. The Morgan fingerprint density at radius 3 is 2.32 bits per heavy atom. The molecule has 3 aromatic carbocycles. The molecule has 134 valence electrons. The normalized spacial score (nSPS) is 14.5. The first kappa shape index (κ1) is 17.0. The first-order chi connectivity index (χ1) is 13.7. The van der Waals surface area contributed by atoms with E-state index in [9.17, 15) is 4.79 Å². The van der Waals surface area contributed by atoms with Crippen molar-refractivity contribution in [1.82, 2.24) is 0 Å². The Morgan fingerprint density at radius 1 is 0.714 bits per heavy atom. The van der Waals surface area contributed by atoms with Crippen LogP contribution in [-0.4, -0.2) is 5.78 Å². The Bertz CT molecular complexity index is 1210. The third-order valence-electron chi connectivity index (χ3n) is 5.32. The van der Waals surface area contributed by atoms with Gasteiger partial charge in [-0.2, -0.15) is 0 Å². The van der Waals surface area contributed by atoms with Gasteiger partial charge in [-0.25, -0.2) is 0 Å². The van der Waals surface area contributed by atoms with Gasteiger partial charge in [0.1, 0.15) is 0 Å². The smallest absolute Gasteiger partial charge is 0.194 e. The maximum Gasteiger partial charge on any atom is 0.194 e. The molecule has 5 rings (SSSR count). The molecule has 1 nitrogen and oxygen atoms in total. The third-order valence-corrected chi connectivity index (χ3v) is 5.55. The molecule has 0 atom stereocenters. The molecule has 0 heterocycles. The summed E-state index contributed by atoms with van der Waals surface area (Å²) in [5, 5.41) is 0.660. The van der Waals surface area contributed by atoms with Gasteiger partial charge in [0, 0.05) is 16.1 Å². The highest BCUT2D eigenvalue weighted by Crippen LogP contribution is 2.43. The molecular weight excluding hydrogens is 364 g/mol. The first-order valence-corrected chi connectivity index (χ1v) is 9.72. The molecule has 3 aromatic rings. The average molecular weight is 381 g/mol. The van der Waals surface area contributed by atoms with Crippen LogP contribution in [0.2, 0.25) is 5.02 Å². The molecule has 0 N–H and O–H groups in total. The van der Waals surface area contributed by atoms with Crippen LogP contribution in [-0.2, 0) is 0 Å². The van der Waals surface area contributed by atoms with Gasteiger partial charge in [0.15, 0.2) is 5.78 Å². The van der Waals surface area contributed by atoms with Crippen LogP contribution in [0.4, 0.5) is 0 Å². The fourth-order valence-corrected chi connectivity index (χ4v) is 4.22. The topological polar surface area (TPSA) is 17.1 Å². The van der Waals surface area contributed by atoms with E-state index in [4.69, 9.17) is 11.6 Å². The quantitative estimate of drug-likeness (QED) is 0.362. The molecule has 0 saturated heterocycles. The van der Waals surface area contributed by atoms with Gasteiger partial charge in [-0.1, -0.05) is 90.5 Å². The zero-order chi connectivity index (χ0) is 19.1. The van der Waals surface area contributed by atoms with Crippen LogP contribution in [0.1, 0.15) is 27.9 Å². The second-order valence-corrected chi connectivity index (χ2v) is 7.42. The summed E-state index contributed by atoms with van der Waals surface area (Å²) in [7, 11) is 0. The second-order valence-electron chi connectivity index (χ2n) is 6.98. The molecule has 2 aliphatic carbocycles. The van der Waals surface area contributed by atoms with Crippen molar-refractivity contribution in [2.24, 2.45) is 0 Å². The summed E-state index contributed by atoms with van der Waals surface area (Å²) in [5.74, 6) is 0.0809. The summed E-state index contributed by atoms with van der Waals surface area (Å²) >= 11 is 6.38. The van der Waals surface area contributed by atoms with Gasteiger partial charge in [-0.05, 0) is 51.9 Å². The summed E-state index contributed by atoms with van der Waals surface area (Å²) in [6.45, 7) is 0. The van der Waals surface area contributed by atoms with Crippen LogP contribution in [0.25, 0.3) is 27.8 Å². The van der Waals surface area contributed by atoms with E-state index in [2.05, 4.69) is 30.4 Å². The Kier molecular flexibility index (Phi) is 4.11. The van der Waals surface area contributed by atoms with Crippen LogP contribution in [0.3, 0.4) is 0 Å². The molecule has 0 aliphatic heterocycles. The van der Waals surface area contributed by atoms with Crippen molar-refractivity contribution < 1.29 is 4.79 Å². The molecule has 0 fully saturated rings. The summed E-state index contributed by atoms with van der Waals surface area (Å²) < 4.78 is 0. The summed E-state index contributed by atoms with van der Waals surface area (Å²) in [5.41, 5.74) is 7.63. The summed E-state index contributed by atoms with van der Waals surface area (Å²) in [6.07, 6.45) is 11.5. The summed E-state index contributed by atoms with van der Waals surface area (Å²) in [4.78, 5) is 13.2. The van der Waals surface area contributed by atoms with Crippen LogP contribution >= 0.6 is 11.6 Å². The van der Waals surface area contributed by atoms with Gasteiger partial charge < -0.3 is 0 Å². The van der Waals surface area contributed by atoms with Gasteiger partial charge in [0.25, 0.3) is 0 Å². The maximum atomic E-state index is 13.2. The number of halogens is 1. The number of ketones is 1. The van der Waals surface area contributed by atoms with Gasteiger partial charge in [-0.15, -0.1) is 0 Å². The van der Waals surface area contributed by atoms with E-state index in [-0.39, 0.29) is 5.78 Å². The summed E-state index contributed by atoms with van der Waals surface area (Å²) in [6, 6.07) is 19.8. The minimum Gasteiger partial charge on any atom is -0.289 e. The molecule has 2 heteroatoms. The van der Waals surface area contributed by atoms with E-state index in [1.54, 1.807) is 0 Å². The van der Waals surface area contributed by atoms with Crippen molar-refractivity contribution in [3.05, 3.63) is 113 Å². The SMILES string of the molecule is O=C1c2ccccc2-c2cccc(-c3cc(Cl)ccc3C3=CC=CCC=C3)c21. The standard InChI is InChI=1S/C26H17ClO/c27-18-14-15-19(17-8-3-1-2-4-9-17)24(16-18)22-13-7-12-21-20-10-5-6-11-23(20)26(28)25(21)22/h1,3-16H,2H2. The fourth-order valence-electron chi connectivity index (χ4n) is 4.05. The molecule has 0 unspecified atom stereocenters. The molecule has 0 saturated carbocycles. The molecule has 0 bridgehead atoms. The lowest BCUT2D eigenvalue weighted by molar-refractivity contribution is 0.104. The van der Waals surface area contributed by atoms with E-state index < -0.39 is 0 Å². The zero-order valence-corrected chi connectivity index (χ0v) is 15.9. The number of carbonyl (C=O) groups excluding carboxylic acids is 1. The van der Waals surface area contributed by atoms with E-state index in [0.717, 1.165) is 50.9 Å². The van der Waals surface area contributed by atoms with E-state index >= 15 is 0 Å². The minimum atomic E-state index is 0.0809. The van der Waals surface area contributed by atoms with Crippen LogP contribution in [0.5, 0.6) is 0 Å². The second kappa shape index (κ2) is 6.78. The third kappa shape index (κ3) is 2.67. The van der Waals surface area contributed by atoms with Crippen molar-refractivity contribution >= 4 is 23.0 Å². The minimum absolute atomic E-state index is 0.0809. The van der Waals surface area contributed by atoms with Gasteiger partial charge in [-0.3, -0.25) is 4.79 Å². The lowest BCUT2D eigenvalue weighted by Crippen LogP contribution is -1.99. The molecule has 2 aliphatic rings. The van der Waals surface area contributed by atoms with Gasteiger partial charge in [0.2, 0.25) is 0 Å². The van der Waals surface area contributed by atoms with E-state index in [1.807, 2.05) is 60.7 Å². The Labute approximate surface area is 169 Å². The van der Waals surface area contributed by atoms with E-state index in [0.29, 0.717) is 5.02 Å².